The van der Waals surface area contributed by atoms with Crippen molar-refractivity contribution >= 4 is 5.91 Å². The van der Waals surface area contributed by atoms with Gasteiger partial charge in [-0.2, -0.15) is 0 Å². The first-order valence-corrected chi connectivity index (χ1v) is 6.24. The van der Waals surface area contributed by atoms with Gasteiger partial charge in [-0.15, -0.1) is 0 Å². The maximum atomic E-state index is 12.3. The van der Waals surface area contributed by atoms with Crippen molar-refractivity contribution in [3.05, 3.63) is 0 Å². The second kappa shape index (κ2) is 6.21. The SMILES string of the molecule is CC(C)N(CCO)C(=O)C1CCCCC1N. The Bertz CT molecular complexity index is 225. The molecule has 0 aromatic heterocycles. The standard InChI is InChI=1S/C12H24N2O2/c1-9(2)14(7-8-15)12(16)10-5-3-4-6-11(10)13/h9-11,15H,3-8,13H2,1-2H3. The number of hydrogen-bond donors (Lipinski definition) is 2. The van der Waals surface area contributed by atoms with Gasteiger partial charge in [0.2, 0.25) is 5.91 Å². The van der Waals surface area contributed by atoms with Gasteiger partial charge in [0.15, 0.2) is 0 Å². The van der Waals surface area contributed by atoms with Gasteiger partial charge in [-0.25, -0.2) is 0 Å². The second-order valence-corrected chi connectivity index (χ2v) is 4.90. The number of aliphatic hydroxyl groups excluding tert-OH is 1. The minimum Gasteiger partial charge on any atom is -0.395 e. The summed E-state index contributed by atoms with van der Waals surface area (Å²) >= 11 is 0. The third kappa shape index (κ3) is 3.19. The molecule has 0 aromatic rings. The van der Waals surface area contributed by atoms with Gasteiger partial charge in [-0.05, 0) is 26.7 Å². The average Bonchev–Trinajstić information content (AvgIpc) is 2.25. The number of carbonyl (C=O) groups is 1. The molecule has 1 rings (SSSR count). The lowest BCUT2D eigenvalue weighted by Crippen LogP contribution is -2.48. The summed E-state index contributed by atoms with van der Waals surface area (Å²) in [6, 6.07) is 0.134. The summed E-state index contributed by atoms with van der Waals surface area (Å²) in [4.78, 5) is 14.0. The molecule has 0 radical (unpaired) electrons. The van der Waals surface area contributed by atoms with Crippen LogP contribution in [0.3, 0.4) is 0 Å². The van der Waals surface area contributed by atoms with Gasteiger partial charge in [0.05, 0.1) is 12.5 Å². The van der Waals surface area contributed by atoms with Crippen molar-refractivity contribution in [3.63, 3.8) is 0 Å². The summed E-state index contributed by atoms with van der Waals surface area (Å²) in [5, 5.41) is 8.97. The molecule has 0 saturated heterocycles. The Hall–Kier alpha value is -0.610. The molecule has 0 heterocycles. The van der Waals surface area contributed by atoms with Crippen LogP contribution in [0.2, 0.25) is 0 Å². The molecule has 2 atom stereocenters. The summed E-state index contributed by atoms with van der Waals surface area (Å²) < 4.78 is 0. The number of aliphatic hydroxyl groups is 1. The van der Waals surface area contributed by atoms with Crippen LogP contribution in [0.4, 0.5) is 0 Å². The highest BCUT2D eigenvalue weighted by molar-refractivity contribution is 5.80. The Balaban J connectivity index is 2.65. The maximum Gasteiger partial charge on any atom is 0.227 e. The Morgan fingerprint density at radius 2 is 2.06 bits per heavy atom. The second-order valence-electron chi connectivity index (χ2n) is 4.90. The van der Waals surface area contributed by atoms with Gasteiger partial charge in [-0.3, -0.25) is 4.79 Å². The van der Waals surface area contributed by atoms with Gasteiger partial charge >= 0.3 is 0 Å². The van der Waals surface area contributed by atoms with Crippen molar-refractivity contribution in [3.8, 4) is 0 Å². The molecule has 0 aromatic carbocycles. The van der Waals surface area contributed by atoms with Crippen molar-refractivity contribution in [2.75, 3.05) is 13.2 Å². The fourth-order valence-corrected chi connectivity index (χ4v) is 2.41. The third-order valence-corrected chi connectivity index (χ3v) is 3.38. The summed E-state index contributed by atoms with van der Waals surface area (Å²) in [6.07, 6.45) is 4.07. The first kappa shape index (κ1) is 13.5. The van der Waals surface area contributed by atoms with Crippen molar-refractivity contribution in [1.29, 1.82) is 0 Å². The van der Waals surface area contributed by atoms with Crippen LogP contribution in [0.15, 0.2) is 0 Å². The van der Waals surface area contributed by atoms with Crippen molar-refractivity contribution in [2.45, 2.75) is 51.6 Å². The lowest BCUT2D eigenvalue weighted by atomic mass is 9.84. The molecule has 1 aliphatic carbocycles. The molecule has 1 aliphatic rings. The molecule has 16 heavy (non-hydrogen) atoms. The van der Waals surface area contributed by atoms with Crippen LogP contribution in [0.5, 0.6) is 0 Å². The van der Waals surface area contributed by atoms with E-state index in [1.54, 1.807) is 4.90 Å². The van der Waals surface area contributed by atoms with E-state index in [4.69, 9.17) is 10.8 Å². The van der Waals surface area contributed by atoms with E-state index < -0.39 is 0 Å². The van der Waals surface area contributed by atoms with Crippen LogP contribution in [0.25, 0.3) is 0 Å². The molecule has 4 nitrogen and oxygen atoms in total. The fourth-order valence-electron chi connectivity index (χ4n) is 2.41. The summed E-state index contributed by atoms with van der Waals surface area (Å²) in [6.45, 7) is 4.38. The first-order chi connectivity index (χ1) is 7.57. The van der Waals surface area contributed by atoms with Gasteiger partial charge < -0.3 is 15.7 Å². The fraction of sp³-hybridized carbons (Fsp3) is 0.917. The highest BCUT2D eigenvalue weighted by Crippen LogP contribution is 2.25. The van der Waals surface area contributed by atoms with E-state index in [-0.39, 0.29) is 30.5 Å². The highest BCUT2D eigenvalue weighted by Gasteiger charge is 2.32. The van der Waals surface area contributed by atoms with E-state index in [9.17, 15) is 4.79 Å². The topological polar surface area (TPSA) is 66.6 Å². The van der Waals surface area contributed by atoms with Gasteiger partial charge in [0.1, 0.15) is 0 Å². The zero-order valence-electron chi connectivity index (χ0n) is 10.4. The van der Waals surface area contributed by atoms with Gasteiger partial charge in [0.25, 0.3) is 0 Å². The lowest BCUT2D eigenvalue weighted by molar-refractivity contribution is -0.139. The van der Waals surface area contributed by atoms with E-state index >= 15 is 0 Å². The normalized spacial score (nSPS) is 25.8. The van der Waals surface area contributed by atoms with Crippen LogP contribution in [0, 0.1) is 5.92 Å². The van der Waals surface area contributed by atoms with Crippen LogP contribution < -0.4 is 5.73 Å². The van der Waals surface area contributed by atoms with E-state index in [2.05, 4.69) is 0 Å². The van der Waals surface area contributed by atoms with Gasteiger partial charge in [0, 0.05) is 18.6 Å². The minimum atomic E-state index is -0.0392. The first-order valence-electron chi connectivity index (χ1n) is 6.24. The van der Waals surface area contributed by atoms with Crippen molar-refractivity contribution < 1.29 is 9.90 Å². The third-order valence-electron chi connectivity index (χ3n) is 3.38. The molecular weight excluding hydrogens is 204 g/mol. The van der Waals surface area contributed by atoms with E-state index in [1.807, 2.05) is 13.8 Å². The lowest BCUT2D eigenvalue weighted by Gasteiger charge is -2.34. The Kier molecular flexibility index (Phi) is 5.22. The summed E-state index contributed by atoms with van der Waals surface area (Å²) in [5.41, 5.74) is 6.00. The van der Waals surface area contributed by atoms with Crippen LogP contribution >= 0.6 is 0 Å². The Morgan fingerprint density at radius 3 is 2.56 bits per heavy atom. The molecule has 94 valence electrons. The number of rotatable bonds is 4. The van der Waals surface area contributed by atoms with E-state index in [1.165, 1.54) is 0 Å². The zero-order chi connectivity index (χ0) is 12.1. The molecule has 1 amide bonds. The maximum absolute atomic E-state index is 12.3. The highest BCUT2D eigenvalue weighted by atomic mass is 16.3. The quantitative estimate of drug-likeness (QED) is 0.745. The van der Waals surface area contributed by atoms with Gasteiger partial charge in [-0.1, -0.05) is 12.8 Å². The molecule has 0 spiro atoms. The van der Waals surface area contributed by atoms with E-state index in [0.29, 0.717) is 6.54 Å². The molecule has 3 N–H and O–H groups in total. The molecule has 2 unspecified atom stereocenters. The van der Waals surface area contributed by atoms with E-state index in [0.717, 1.165) is 25.7 Å². The minimum absolute atomic E-state index is 0.00110. The molecule has 1 fully saturated rings. The Labute approximate surface area is 97.8 Å². The van der Waals surface area contributed by atoms with Crippen LogP contribution in [0.1, 0.15) is 39.5 Å². The molecule has 0 bridgehead atoms. The average molecular weight is 228 g/mol. The summed E-state index contributed by atoms with van der Waals surface area (Å²) in [7, 11) is 0. The molecular formula is C12H24N2O2. The molecule has 4 heteroatoms. The predicted molar refractivity (Wildman–Crippen MR) is 63.9 cm³/mol. The van der Waals surface area contributed by atoms with Crippen LogP contribution in [-0.2, 0) is 4.79 Å². The number of nitrogens with two attached hydrogens (primary N) is 1. The summed E-state index contributed by atoms with van der Waals surface area (Å²) in [5.74, 6) is 0.0824. The number of carbonyl (C=O) groups excluding carboxylic acids is 1. The number of nitrogens with zero attached hydrogens (tertiary/aromatic N) is 1. The smallest absolute Gasteiger partial charge is 0.227 e. The van der Waals surface area contributed by atoms with Crippen molar-refractivity contribution in [1.82, 2.24) is 4.90 Å². The Morgan fingerprint density at radius 1 is 1.44 bits per heavy atom. The predicted octanol–water partition coefficient (Wildman–Crippen LogP) is 0.733. The molecule has 1 saturated carbocycles. The largest absolute Gasteiger partial charge is 0.395 e. The monoisotopic (exact) mass is 228 g/mol. The van der Waals surface area contributed by atoms with Crippen molar-refractivity contribution in [2.24, 2.45) is 11.7 Å². The van der Waals surface area contributed by atoms with Crippen LogP contribution in [-0.4, -0.2) is 41.1 Å². The molecule has 0 aliphatic heterocycles. The number of amides is 1. The number of hydrogen-bond acceptors (Lipinski definition) is 3. The zero-order valence-corrected chi connectivity index (χ0v) is 10.4.